The van der Waals surface area contributed by atoms with Crippen LogP contribution in [0.2, 0.25) is 0 Å². The number of rotatable bonds is 3. The number of aromatic nitrogens is 1. The highest BCUT2D eigenvalue weighted by Gasteiger charge is 2.33. The molecule has 3 nitrogen and oxygen atoms in total. The van der Waals surface area contributed by atoms with Crippen LogP contribution in [0.25, 0.3) is 11.1 Å². The molecule has 0 spiro atoms. The van der Waals surface area contributed by atoms with Crippen molar-refractivity contribution in [3.8, 4) is 16.9 Å². The van der Waals surface area contributed by atoms with Gasteiger partial charge in [0, 0.05) is 11.8 Å². The summed E-state index contributed by atoms with van der Waals surface area (Å²) in [7, 11) is 1.41. The van der Waals surface area contributed by atoms with E-state index in [0.29, 0.717) is 11.3 Å². The predicted octanol–water partition coefficient (Wildman–Crippen LogP) is 3.27. The molecule has 0 bridgehead atoms. The first kappa shape index (κ1) is 14.3. The number of alkyl halides is 3. The molecule has 2 aromatic rings. The predicted molar refractivity (Wildman–Crippen MR) is 67.1 cm³/mol. The highest BCUT2D eigenvalue weighted by molar-refractivity contribution is 5.69. The number of pyridine rings is 1. The van der Waals surface area contributed by atoms with Crippen molar-refractivity contribution in [2.75, 3.05) is 7.11 Å². The van der Waals surface area contributed by atoms with Crippen molar-refractivity contribution in [1.29, 1.82) is 0 Å². The van der Waals surface area contributed by atoms with Gasteiger partial charge in [-0.3, -0.25) is 4.98 Å². The van der Waals surface area contributed by atoms with Crippen LogP contribution in [0.4, 0.5) is 13.2 Å². The SMILES string of the molecule is COc1cncc(-c2cc(CO)ccc2C(F)(F)F)c1. The Kier molecular flexibility index (Phi) is 3.94. The molecule has 0 fully saturated rings. The second-order valence-corrected chi connectivity index (χ2v) is 4.15. The van der Waals surface area contributed by atoms with Gasteiger partial charge in [-0.05, 0) is 29.3 Å². The number of benzene rings is 1. The molecule has 2 rings (SSSR count). The zero-order chi connectivity index (χ0) is 14.8. The number of hydrogen-bond donors (Lipinski definition) is 1. The zero-order valence-electron chi connectivity index (χ0n) is 10.6. The van der Waals surface area contributed by atoms with E-state index in [1.165, 1.54) is 37.7 Å². The summed E-state index contributed by atoms with van der Waals surface area (Å²) in [5.74, 6) is 0.366. The molecule has 1 aromatic heterocycles. The molecule has 0 amide bonds. The van der Waals surface area contributed by atoms with E-state index in [0.717, 1.165) is 6.07 Å². The average Bonchev–Trinajstić information content (AvgIpc) is 2.45. The molecule has 0 saturated carbocycles. The van der Waals surface area contributed by atoms with Gasteiger partial charge in [0.25, 0.3) is 0 Å². The molecule has 0 unspecified atom stereocenters. The summed E-state index contributed by atoms with van der Waals surface area (Å²) in [6.07, 6.45) is -1.74. The Balaban J connectivity index is 2.63. The Hall–Kier alpha value is -2.08. The standard InChI is InChI=1S/C14H12F3NO2/c1-20-11-5-10(6-18-7-11)12-4-9(8-19)2-3-13(12)14(15,16)17/h2-7,19H,8H2,1H3. The minimum absolute atomic E-state index is 0.0320. The minimum Gasteiger partial charge on any atom is -0.495 e. The van der Waals surface area contributed by atoms with Gasteiger partial charge >= 0.3 is 6.18 Å². The molecule has 106 valence electrons. The molecule has 0 aliphatic carbocycles. The topological polar surface area (TPSA) is 42.4 Å². The summed E-state index contributed by atoms with van der Waals surface area (Å²) in [6, 6.07) is 4.98. The van der Waals surface area contributed by atoms with Crippen LogP contribution in [0.3, 0.4) is 0 Å². The highest BCUT2D eigenvalue weighted by atomic mass is 19.4. The van der Waals surface area contributed by atoms with Gasteiger partial charge in [-0.2, -0.15) is 13.2 Å². The highest BCUT2D eigenvalue weighted by Crippen LogP contribution is 2.38. The van der Waals surface area contributed by atoms with Crippen molar-refractivity contribution in [1.82, 2.24) is 4.98 Å². The van der Waals surface area contributed by atoms with Gasteiger partial charge in [0.1, 0.15) is 5.75 Å². The van der Waals surface area contributed by atoms with E-state index in [9.17, 15) is 13.2 Å². The Morgan fingerprint density at radius 2 is 1.95 bits per heavy atom. The fraction of sp³-hybridized carbons (Fsp3) is 0.214. The summed E-state index contributed by atoms with van der Waals surface area (Å²) < 4.78 is 44.1. The molecule has 20 heavy (non-hydrogen) atoms. The third kappa shape index (κ3) is 2.91. The van der Waals surface area contributed by atoms with Crippen LogP contribution in [-0.2, 0) is 12.8 Å². The van der Waals surface area contributed by atoms with Crippen molar-refractivity contribution in [3.63, 3.8) is 0 Å². The minimum atomic E-state index is -4.48. The lowest BCUT2D eigenvalue weighted by Gasteiger charge is -2.14. The van der Waals surface area contributed by atoms with Crippen molar-refractivity contribution in [2.45, 2.75) is 12.8 Å². The van der Waals surface area contributed by atoms with Gasteiger partial charge in [-0.1, -0.05) is 6.07 Å². The van der Waals surface area contributed by atoms with Crippen molar-refractivity contribution < 1.29 is 23.0 Å². The van der Waals surface area contributed by atoms with E-state index >= 15 is 0 Å². The fourth-order valence-corrected chi connectivity index (χ4v) is 1.85. The average molecular weight is 283 g/mol. The van der Waals surface area contributed by atoms with Crippen LogP contribution < -0.4 is 4.74 Å². The van der Waals surface area contributed by atoms with Crippen molar-refractivity contribution in [3.05, 3.63) is 47.8 Å². The maximum atomic E-state index is 13.0. The maximum absolute atomic E-state index is 13.0. The molecule has 0 radical (unpaired) electrons. The molecule has 1 aromatic carbocycles. The second kappa shape index (κ2) is 5.50. The number of nitrogens with zero attached hydrogens (tertiary/aromatic N) is 1. The largest absolute Gasteiger partial charge is 0.495 e. The smallest absolute Gasteiger partial charge is 0.417 e. The summed E-state index contributed by atoms with van der Waals surface area (Å²) >= 11 is 0. The second-order valence-electron chi connectivity index (χ2n) is 4.15. The Morgan fingerprint density at radius 1 is 1.20 bits per heavy atom. The summed E-state index contributed by atoms with van der Waals surface area (Å²) in [5, 5.41) is 9.08. The summed E-state index contributed by atoms with van der Waals surface area (Å²) in [4.78, 5) is 3.86. The van der Waals surface area contributed by atoms with E-state index < -0.39 is 11.7 Å². The number of ether oxygens (including phenoxy) is 1. The van der Waals surface area contributed by atoms with E-state index in [4.69, 9.17) is 9.84 Å². The number of halogens is 3. The molecule has 0 saturated heterocycles. The Morgan fingerprint density at radius 3 is 2.55 bits per heavy atom. The van der Waals surface area contributed by atoms with Crippen LogP contribution >= 0.6 is 0 Å². The van der Waals surface area contributed by atoms with E-state index in [1.54, 1.807) is 0 Å². The third-order valence-electron chi connectivity index (χ3n) is 2.83. The van der Waals surface area contributed by atoms with Crippen molar-refractivity contribution in [2.24, 2.45) is 0 Å². The molecule has 0 aliphatic rings. The first-order valence-corrected chi connectivity index (χ1v) is 5.76. The van der Waals surface area contributed by atoms with Gasteiger partial charge in [0.05, 0.1) is 25.5 Å². The monoisotopic (exact) mass is 283 g/mol. The first-order chi connectivity index (χ1) is 9.45. The van der Waals surface area contributed by atoms with Crippen LogP contribution in [0.1, 0.15) is 11.1 Å². The molecule has 6 heteroatoms. The molecule has 1 N–H and O–H groups in total. The number of methoxy groups -OCH3 is 1. The van der Waals surface area contributed by atoms with E-state index in [2.05, 4.69) is 4.98 Å². The van der Waals surface area contributed by atoms with Gasteiger partial charge in [0.15, 0.2) is 0 Å². The lowest BCUT2D eigenvalue weighted by molar-refractivity contribution is -0.137. The molecule has 1 heterocycles. The number of aliphatic hydroxyl groups is 1. The lowest BCUT2D eigenvalue weighted by Crippen LogP contribution is -2.08. The van der Waals surface area contributed by atoms with E-state index in [-0.39, 0.29) is 17.7 Å². The molecular weight excluding hydrogens is 271 g/mol. The van der Waals surface area contributed by atoms with Crippen LogP contribution in [-0.4, -0.2) is 17.2 Å². The summed E-state index contributed by atoms with van der Waals surface area (Å²) in [5.41, 5.74) is -0.122. The van der Waals surface area contributed by atoms with Crippen LogP contribution in [0, 0.1) is 0 Å². The lowest BCUT2D eigenvalue weighted by atomic mass is 9.98. The van der Waals surface area contributed by atoms with Crippen molar-refractivity contribution >= 4 is 0 Å². The number of aliphatic hydroxyl groups excluding tert-OH is 1. The van der Waals surface area contributed by atoms with Gasteiger partial charge in [-0.25, -0.2) is 0 Å². The van der Waals surface area contributed by atoms with E-state index in [1.807, 2.05) is 0 Å². The molecule has 0 atom stereocenters. The third-order valence-corrected chi connectivity index (χ3v) is 2.83. The van der Waals surface area contributed by atoms with Gasteiger partial charge in [-0.15, -0.1) is 0 Å². The summed E-state index contributed by atoms with van der Waals surface area (Å²) in [6.45, 7) is -0.331. The maximum Gasteiger partial charge on any atom is 0.417 e. The van der Waals surface area contributed by atoms with Gasteiger partial charge < -0.3 is 9.84 Å². The Bertz CT molecular complexity index is 612. The quantitative estimate of drug-likeness (QED) is 0.940. The number of hydrogen-bond acceptors (Lipinski definition) is 3. The molecular formula is C14H12F3NO2. The van der Waals surface area contributed by atoms with Gasteiger partial charge in [0.2, 0.25) is 0 Å². The fourth-order valence-electron chi connectivity index (χ4n) is 1.85. The Labute approximate surface area is 113 Å². The zero-order valence-corrected chi connectivity index (χ0v) is 10.6. The van der Waals surface area contributed by atoms with Crippen LogP contribution in [0.5, 0.6) is 5.75 Å². The first-order valence-electron chi connectivity index (χ1n) is 5.76. The molecule has 0 aliphatic heterocycles. The van der Waals surface area contributed by atoms with Crippen LogP contribution in [0.15, 0.2) is 36.7 Å². The normalized spacial score (nSPS) is 11.4.